The summed E-state index contributed by atoms with van der Waals surface area (Å²) >= 11 is 0. The summed E-state index contributed by atoms with van der Waals surface area (Å²) in [5.74, 6) is 0.144. The molecule has 0 saturated carbocycles. The van der Waals surface area contributed by atoms with E-state index in [-0.39, 0.29) is 19.0 Å². The highest BCUT2D eigenvalue weighted by molar-refractivity contribution is 6.00. The molecule has 5 heterocycles. The number of hydrogen-bond donors (Lipinski definition) is 3. The van der Waals surface area contributed by atoms with Gasteiger partial charge in [-0.2, -0.15) is 0 Å². The molecule has 0 spiro atoms. The molecular formula is C52H44N4O3. The van der Waals surface area contributed by atoms with Gasteiger partial charge in [0, 0.05) is 57.3 Å². The molecule has 0 radical (unpaired) electrons. The number of aliphatic hydroxyl groups excluding tert-OH is 1. The number of benzene rings is 4. The summed E-state index contributed by atoms with van der Waals surface area (Å²) in [5.41, 5.74) is 18.6. The van der Waals surface area contributed by atoms with Gasteiger partial charge in [-0.1, -0.05) is 102 Å². The third-order valence-corrected chi connectivity index (χ3v) is 10.9. The highest BCUT2D eigenvalue weighted by Gasteiger charge is 2.19. The molecule has 0 aliphatic carbocycles. The molecule has 0 unspecified atom stereocenters. The topological polar surface area (TPSA) is 104 Å². The first kappa shape index (κ1) is 37.5. The van der Waals surface area contributed by atoms with Gasteiger partial charge in [-0.05, 0) is 117 Å². The average molecular weight is 773 g/mol. The number of fused-ring (bicyclic) bond motifs is 8. The maximum absolute atomic E-state index is 12.5. The van der Waals surface area contributed by atoms with Crippen LogP contribution in [0.15, 0.2) is 121 Å². The lowest BCUT2D eigenvalue weighted by atomic mass is 10.0. The van der Waals surface area contributed by atoms with Crippen LogP contribution in [0.3, 0.4) is 0 Å². The van der Waals surface area contributed by atoms with E-state index in [2.05, 4.69) is 152 Å². The summed E-state index contributed by atoms with van der Waals surface area (Å²) in [6.07, 6.45) is 9.79. The van der Waals surface area contributed by atoms with Gasteiger partial charge in [0.15, 0.2) is 0 Å². The fourth-order valence-corrected chi connectivity index (χ4v) is 7.83. The van der Waals surface area contributed by atoms with Crippen LogP contribution in [-0.2, 0) is 4.79 Å². The van der Waals surface area contributed by atoms with E-state index in [1.54, 1.807) is 0 Å². The summed E-state index contributed by atoms with van der Waals surface area (Å²) in [6.45, 7) is 6.35. The first-order chi connectivity index (χ1) is 28.8. The summed E-state index contributed by atoms with van der Waals surface area (Å²) in [4.78, 5) is 31.0. The largest absolute Gasteiger partial charge is 0.427 e. The van der Waals surface area contributed by atoms with Crippen molar-refractivity contribution in [2.45, 2.75) is 40.0 Å². The van der Waals surface area contributed by atoms with Gasteiger partial charge in [0.05, 0.1) is 22.8 Å². The van der Waals surface area contributed by atoms with E-state index in [0.29, 0.717) is 18.6 Å². The smallest absolute Gasteiger partial charge is 0.311 e. The summed E-state index contributed by atoms with van der Waals surface area (Å²) in [7, 11) is 0. The number of nitrogens with zero attached hydrogens (tertiary/aromatic N) is 2. The highest BCUT2D eigenvalue weighted by atomic mass is 16.5. The summed E-state index contributed by atoms with van der Waals surface area (Å²) < 4.78 is 5.66. The number of carbonyl (C=O) groups excluding carboxylic acids is 1. The molecule has 7 heteroatoms. The Balaban J connectivity index is 1.35. The standard InChI is InChI=1S/C52H44N4O3/c1-32-7-13-35(14-8-32)49-40-23-25-42(53-40)50(36-15-9-33(2)10-16-36)44-27-29-46(55-44)52(38-19-21-39(22-20-38)59-48(58)6-4-5-31-57)47-30-28-45(56-47)51(43-26-24-41(49)54-43)37-17-11-34(3)12-18-37/h7-30,53,56-57H,4-6,31H2,1-3H3. The number of aromatic nitrogens is 4. The zero-order valence-corrected chi connectivity index (χ0v) is 33.3. The van der Waals surface area contributed by atoms with Gasteiger partial charge < -0.3 is 19.8 Å². The van der Waals surface area contributed by atoms with Crippen molar-refractivity contribution in [2.75, 3.05) is 6.61 Å². The quantitative estimate of drug-likeness (QED) is 0.0770. The molecule has 4 aromatic carbocycles. The Kier molecular flexibility index (Phi) is 10.2. The van der Waals surface area contributed by atoms with Crippen molar-refractivity contribution in [3.63, 3.8) is 0 Å². The van der Waals surface area contributed by atoms with E-state index in [0.717, 1.165) is 89.4 Å². The fourth-order valence-electron chi connectivity index (χ4n) is 7.83. The second-order valence-electron chi connectivity index (χ2n) is 15.3. The Bertz CT molecular complexity index is 2890. The lowest BCUT2D eigenvalue weighted by molar-refractivity contribution is -0.134. The second-order valence-corrected chi connectivity index (χ2v) is 15.3. The number of hydrogen-bond acceptors (Lipinski definition) is 5. The van der Waals surface area contributed by atoms with Crippen molar-refractivity contribution in [1.82, 2.24) is 19.9 Å². The Morgan fingerprint density at radius 3 is 1.12 bits per heavy atom. The van der Waals surface area contributed by atoms with Crippen molar-refractivity contribution in [2.24, 2.45) is 0 Å². The van der Waals surface area contributed by atoms with Gasteiger partial charge >= 0.3 is 5.97 Å². The summed E-state index contributed by atoms with van der Waals surface area (Å²) in [5, 5.41) is 9.13. The van der Waals surface area contributed by atoms with E-state index < -0.39 is 0 Å². The van der Waals surface area contributed by atoms with Crippen LogP contribution in [-0.4, -0.2) is 37.6 Å². The molecule has 59 heavy (non-hydrogen) atoms. The summed E-state index contributed by atoms with van der Waals surface area (Å²) in [6, 6.07) is 41.9. The van der Waals surface area contributed by atoms with Gasteiger partial charge in [-0.3, -0.25) is 4.79 Å². The van der Waals surface area contributed by atoms with E-state index in [1.807, 2.05) is 24.3 Å². The number of aliphatic hydroxyl groups is 1. The van der Waals surface area contributed by atoms with Crippen LogP contribution in [0.2, 0.25) is 0 Å². The van der Waals surface area contributed by atoms with Gasteiger partial charge in [0.2, 0.25) is 0 Å². The molecule has 0 amide bonds. The molecule has 8 bridgehead atoms. The van der Waals surface area contributed by atoms with Crippen LogP contribution >= 0.6 is 0 Å². The molecule has 9 rings (SSSR count). The van der Waals surface area contributed by atoms with E-state index in [9.17, 15) is 4.79 Å². The SMILES string of the molecule is Cc1ccc(-c2c3nc(c(-c4ccc(C)cc4)c4ccc([nH]4)c(-c4ccc(OC(=O)CCCCO)cc4)c4nc(c(-c5ccc(C)cc5)c5ccc2[nH]5)C=C4)C=C3)cc1. The lowest BCUT2D eigenvalue weighted by Crippen LogP contribution is -2.07. The maximum atomic E-state index is 12.5. The van der Waals surface area contributed by atoms with E-state index in [1.165, 1.54) is 16.7 Å². The molecule has 290 valence electrons. The second kappa shape index (κ2) is 16.0. The van der Waals surface area contributed by atoms with Crippen LogP contribution < -0.4 is 4.74 Å². The predicted molar refractivity (Wildman–Crippen MR) is 241 cm³/mol. The maximum Gasteiger partial charge on any atom is 0.311 e. The van der Waals surface area contributed by atoms with Gasteiger partial charge in [-0.25, -0.2) is 9.97 Å². The Hall–Kier alpha value is -7.09. The number of ether oxygens (including phenoxy) is 1. The molecule has 3 N–H and O–H groups in total. The van der Waals surface area contributed by atoms with Gasteiger partial charge in [0.1, 0.15) is 5.75 Å². The molecule has 2 aliphatic heterocycles. The minimum Gasteiger partial charge on any atom is -0.427 e. The Morgan fingerprint density at radius 2 is 0.797 bits per heavy atom. The van der Waals surface area contributed by atoms with Crippen molar-refractivity contribution in [3.05, 3.63) is 161 Å². The Morgan fingerprint density at radius 1 is 0.475 bits per heavy atom. The van der Waals surface area contributed by atoms with Crippen LogP contribution in [0, 0.1) is 20.8 Å². The Labute approximate surface area is 343 Å². The first-order valence-electron chi connectivity index (χ1n) is 20.1. The molecule has 2 aliphatic rings. The minimum atomic E-state index is -0.321. The normalized spacial score (nSPS) is 11.9. The lowest BCUT2D eigenvalue weighted by Gasteiger charge is -2.08. The number of rotatable bonds is 9. The average Bonchev–Trinajstić information content (AvgIpc) is 4.09. The number of aryl methyl sites for hydroxylation is 3. The number of H-pyrrole nitrogens is 2. The van der Waals surface area contributed by atoms with E-state index >= 15 is 0 Å². The predicted octanol–water partition coefficient (Wildman–Crippen LogP) is 12.3. The van der Waals surface area contributed by atoms with Crippen molar-refractivity contribution in [1.29, 1.82) is 0 Å². The van der Waals surface area contributed by atoms with Crippen molar-refractivity contribution in [3.8, 4) is 50.3 Å². The fraction of sp³-hybridized carbons (Fsp3) is 0.135. The highest BCUT2D eigenvalue weighted by Crippen LogP contribution is 2.39. The van der Waals surface area contributed by atoms with E-state index in [4.69, 9.17) is 19.8 Å². The molecular weight excluding hydrogens is 729 g/mol. The number of nitrogens with one attached hydrogen (secondary N) is 2. The minimum absolute atomic E-state index is 0.0525. The number of unbranched alkanes of at least 4 members (excludes halogenated alkanes) is 1. The van der Waals surface area contributed by atoms with Crippen molar-refractivity contribution < 1.29 is 14.6 Å². The van der Waals surface area contributed by atoms with Gasteiger partial charge in [0.25, 0.3) is 0 Å². The molecule has 7 nitrogen and oxygen atoms in total. The zero-order valence-electron chi connectivity index (χ0n) is 33.3. The number of esters is 1. The van der Waals surface area contributed by atoms with Crippen LogP contribution in [0.5, 0.6) is 5.75 Å². The molecule has 3 aromatic heterocycles. The third kappa shape index (κ3) is 7.68. The van der Waals surface area contributed by atoms with Crippen LogP contribution in [0.4, 0.5) is 0 Å². The van der Waals surface area contributed by atoms with Crippen LogP contribution in [0.25, 0.3) is 90.9 Å². The molecule has 7 aromatic rings. The monoisotopic (exact) mass is 772 g/mol. The third-order valence-electron chi connectivity index (χ3n) is 10.9. The molecule has 0 saturated heterocycles. The molecule has 0 atom stereocenters. The molecule has 0 fully saturated rings. The van der Waals surface area contributed by atoms with Crippen molar-refractivity contribution >= 4 is 52.3 Å². The number of aromatic amines is 2. The zero-order chi connectivity index (χ0) is 40.5. The van der Waals surface area contributed by atoms with Gasteiger partial charge in [-0.15, -0.1) is 0 Å². The van der Waals surface area contributed by atoms with Crippen LogP contribution in [0.1, 0.15) is 58.7 Å². The first-order valence-corrected chi connectivity index (χ1v) is 20.1. The number of carbonyl (C=O) groups is 1.